The van der Waals surface area contributed by atoms with Gasteiger partial charge in [-0.3, -0.25) is 4.68 Å². The van der Waals surface area contributed by atoms with Crippen LogP contribution in [0.1, 0.15) is 38.1 Å². The maximum atomic E-state index is 6.24. The zero-order chi connectivity index (χ0) is 12.8. The number of rotatable bonds is 7. The fourth-order valence-corrected chi connectivity index (χ4v) is 2.15. The van der Waals surface area contributed by atoms with Crippen LogP contribution in [0.4, 0.5) is 0 Å². The van der Waals surface area contributed by atoms with Crippen LogP contribution in [0.15, 0.2) is 0 Å². The molecule has 0 aliphatic heterocycles. The molecule has 1 N–H and O–H groups in total. The zero-order valence-electron chi connectivity index (χ0n) is 10.8. The third-order valence-electron chi connectivity index (χ3n) is 2.84. The maximum absolute atomic E-state index is 6.24. The Morgan fingerprint density at radius 1 is 1.47 bits per heavy atom. The van der Waals surface area contributed by atoms with Gasteiger partial charge in [0, 0.05) is 25.0 Å². The molecule has 1 unspecified atom stereocenters. The Kier molecular flexibility index (Phi) is 6.31. The summed E-state index contributed by atoms with van der Waals surface area (Å²) in [6.07, 6.45) is 2.12. The lowest BCUT2D eigenvalue weighted by molar-refractivity contribution is 0.488. The highest BCUT2D eigenvalue weighted by atomic mass is 35.5. The van der Waals surface area contributed by atoms with Crippen molar-refractivity contribution in [2.24, 2.45) is 0 Å². The van der Waals surface area contributed by atoms with E-state index < -0.39 is 0 Å². The number of nitrogens with zero attached hydrogens (tertiary/aromatic N) is 2. The van der Waals surface area contributed by atoms with Crippen molar-refractivity contribution >= 4 is 23.2 Å². The van der Waals surface area contributed by atoms with Crippen molar-refractivity contribution in [3.05, 3.63) is 16.4 Å². The van der Waals surface area contributed by atoms with Crippen LogP contribution in [0.2, 0.25) is 5.02 Å². The largest absolute Gasteiger partial charge is 0.309 e. The van der Waals surface area contributed by atoms with Crippen LogP contribution in [-0.4, -0.2) is 21.7 Å². The Hall–Kier alpha value is -0.250. The second kappa shape index (κ2) is 7.24. The van der Waals surface area contributed by atoms with Gasteiger partial charge in [0.25, 0.3) is 0 Å². The molecule has 1 heterocycles. The fourth-order valence-electron chi connectivity index (χ4n) is 1.79. The van der Waals surface area contributed by atoms with Crippen molar-refractivity contribution in [1.29, 1.82) is 0 Å². The van der Waals surface area contributed by atoms with Crippen LogP contribution < -0.4 is 5.32 Å². The molecular formula is C12H21Cl2N3. The van der Waals surface area contributed by atoms with E-state index in [1.165, 1.54) is 0 Å². The van der Waals surface area contributed by atoms with E-state index in [1.54, 1.807) is 0 Å². The smallest absolute Gasteiger partial charge is 0.0860 e. The first-order valence-corrected chi connectivity index (χ1v) is 7.02. The fraction of sp³-hybridized carbons (Fsp3) is 0.750. The van der Waals surface area contributed by atoms with E-state index in [1.807, 2.05) is 11.6 Å². The molecule has 0 spiro atoms. The van der Waals surface area contributed by atoms with Crippen LogP contribution in [0.25, 0.3) is 0 Å². The van der Waals surface area contributed by atoms with E-state index in [9.17, 15) is 0 Å². The minimum Gasteiger partial charge on any atom is -0.309 e. The van der Waals surface area contributed by atoms with Crippen LogP contribution in [0.3, 0.4) is 0 Å². The first-order valence-electron chi connectivity index (χ1n) is 6.11. The van der Waals surface area contributed by atoms with Crippen LogP contribution in [-0.2, 0) is 13.1 Å². The molecule has 1 aromatic rings. The van der Waals surface area contributed by atoms with Crippen molar-refractivity contribution < 1.29 is 0 Å². The van der Waals surface area contributed by atoms with Crippen LogP contribution in [0, 0.1) is 6.92 Å². The molecule has 17 heavy (non-hydrogen) atoms. The lowest BCUT2D eigenvalue weighted by Crippen LogP contribution is -2.26. The molecule has 0 amide bonds. The van der Waals surface area contributed by atoms with Gasteiger partial charge < -0.3 is 5.32 Å². The van der Waals surface area contributed by atoms with Gasteiger partial charge in [0.15, 0.2) is 0 Å². The van der Waals surface area contributed by atoms with Gasteiger partial charge in [-0.25, -0.2) is 0 Å². The summed E-state index contributed by atoms with van der Waals surface area (Å²) in [5, 5.41) is 8.63. The zero-order valence-corrected chi connectivity index (χ0v) is 12.3. The normalized spacial score (nSPS) is 13.0. The summed E-state index contributed by atoms with van der Waals surface area (Å²) in [5.74, 6) is 0.721. The summed E-state index contributed by atoms with van der Waals surface area (Å²) in [6, 6.07) is 0.449. The molecule has 0 saturated carbocycles. The van der Waals surface area contributed by atoms with Crippen LogP contribution >= 0.6 is 23.2 Å². The highest BCUT2D eigenvalue weighted by molar-refractivity contribution is 6.31. The number of hydrogen-bond donors (Lipinski definition) is 1. The molecule has 0 aromatic carbocycles. The van der Waals surface area contributed by atoms with Crippen molar-refractivity contribution in [3.8, 4) is 0 Å². The van der Waals surface area contributed by atoms with Gasteiger partial charge in [-0.05, 0) is 33.6 Å². The molecule has 1 aromatic heterocycles. The predicted octanol–water partition coefficient (Wildman–Crippen LogP) is 3.36. The SMILES string of the molecule is CCn1nc(C)c(Cl)c1CNC(C)CCCCl. The summed E-state index contributed by atoms with van der Waals surface area (Å²) < 4.78 is 1.96. The van der Waals surface area contributed by atoms with Crippen LogP contribution in [0.5, 0.6) is 0 Å². The summed E-state index contributed by atoms with van der Waals surface area (Å²) in [5.41, 5.74) is 1.98. The second-order valence-electron chi connectivity index (χ2n) is 4.28. The average molecular weight is 278 g/mol. The summed E-state index contributed by atoms with van der Waals surface area (Å²) >= 11 is 11.9. The monoisotopic (exact) mass is 277 g/mol. The van der Waals surface area contributed by atoms with E-state index in [0.717, 1.165) is 48.2 Å². The van der Waals surface area contributed by atoms with Gasteiger partial charge in [0.1, 0.15) is 0 Å². The molecule has 0 aliphatic rings. The molecule has 5 heteroatoms. The number of alkyl halides is 1. The van der Waals surface area contributed by atoms with E-state index >= 15 is 0 Å². The van der Waals surface area contributed by atoms with E-state index in [4.69, 9.17) is 23.2 Å². The molecule has 1 rings (SSSR count). The third kappa shape index (κ3) is 4.16. The van der Waals surface area contributed by atoms with Gasteiger partial charge in [0.2, 0.25) is 0 Å². The van der Waals surface area contributed by atoms with E-state index in [-0.39, 0.29) is 0 Å². The highest BCUT2D eigenvalue weighted by Gasteiger charge is 2.12. The van der Waals surface area contributed by atoms with Crippen molar-refractivity contribution in [2.45, 2.75) is 52.7 Å². The molecular weight excluding hydrogens is 257 g/mol. The first-order chi connectivity index (χ1) is 8.10. The Labute approximate surface area is 113 Å². The number of nitrogens with one attached hydrogen (secondary N) is 1. The van der Waals surface area contributed by atoms with Gasteiger partial charge in [-0.15, -0.1) is 11.6 Å². The third-order valence-corrected chi connectivity index (χ3v) is 3.60. The maximum Gasteiger partial charge on any atom is 0.0860 e. The predicted molar refractivity (Wildman–Crippen MR) is 73.9 cm³/mol. The molecule has 98 valence electrons. The van der Waals surface area contributed by atoms with Crippen molar-refractivity contribution in [3.63, 3.8) is 0 Å². The van der Waals surface area contributed by atoms with Crippen molar-refractivity contribution in [1.82, 2.24) is 15.1 Å². The second-order valence-corrected chi connectivity index (χ2v) is 5.03. The Morgan fingerprint density at radius 3 is 2.76 bits per heavy atom. The minimum atomic E-state index is 0.449. The topological polar surface area (TPSA) is 29.9 Å². The molecule has 0 saturated heterocycles. The first kappa shape index (κ1) is 14.8. The van der Waals surface area contributed by atoms with E-state index in [2.05, 4.69) is 24.3 Å². The molecule has 1 atom stereocenters. The molecule has 0 fully saturated rings. The molecule has 0 aliphatic carbocycles. The number of aryl methyl sites for hydroxylation is 2. The van der Waals surface area contributed by atoms with Gasteiger partial charge in [0.05, 0.1) is 16.4 Å². The Bertz CT molecular complexity index is 350. The summed E-state index contributed by atoms with van der Waals surface area (Å²) in [7, 11) is 0. The Morgan fingerprint density at radius 2 is 2.18 bits per heavy atom. The Balaban J connectivity index is 2.56. The summed E-state index contributed by atoms with van der Waals surface area (Å²) in [4.78, 5) is 0. The number of halogens is 2. The average Bonchev–Trinajstić information content (AvgIpc) is 2.60. The number of aromatic nitrogens is 2. The standard InChI is InChI=1S/C12H21Cl2N3/c1-4-17-11(12(14)10(3)16-17)8-15-9(2)6-5-7-13/h9,15H,4-8H2,1-3H3. The number of hydrogen-bond acceptors (Lipinski definition) is 2. The molecule has 3 nitrogen and oxygen atoms in total. The summed E-state index contributed by atoms with van der Waals surface area (Å²) in [6.45, 7) is 7.79. The highest BCUT2D eigenvalue weighted by Crippen LogP contribution is 2.20. The minimum absolute atomic E-state index is 0.449. The van der Waals surface area contributed by atoms with Crippen molar-refractivity contribution in [2.75, 3.05) is 5.88 Å². The van der Waals surface area contributed by atoms with Gasteiger partial charge in [-0.2, -0.15) is 5.10 Å². The van der Waals surface area contributed by atoms with Gasteiger partial charge in [-0.1, -0.05) is 11.6 Å². The van der Waals surface area contributed by atoms with Gasteiger partial charge >= 0.3 is 0 Å². The van der Waals surface area contributed by atoms with E-state index in [0.29, 0.717) is 6.04 Å². The lowest BCUT2D eigenvalue weighted by atomic mass is 10.2. The molecule has 0 bridgehead atoms. The lowest BCUT2D eigenvalue weighted by Gasteiger charge is -2.13. The molecule has 0 radical (unpaired) electrons. The quantitative estimate of drug-likeness (QED) is 0.775.